The third kappa shape index (κ3) is 3.26. The molecule has 0 amide bonds. The van der Waals surface area contributed by atoms with E-state index < -0.39 is 11.7 Å². The summed E-state index contributed by atoms with van der Waals surface area (Å²) in [6.45, 7) is 6.41. The lowest BCUT2D eigenvalue weighted by Crippen LogP contribution is -2.40. The van der Waals surface area contributed by atoms with Gasteiger partial charge in [0.05, 0.1) is 18.9 Å². The third-order valence-corrected chi connectivity index (χ3v) is 4.44. The fourth-order valence-electron chi connectivity index (χ4n) is 3.17. The van der Waals surface area contributed by atoms with E-state index in [-0.39, 0.29) is 24.4 Å². The second-order valence-corrected chi connectivity index (χ2v) is 6.52. The zero-order chi connectivity index (χ0) is 19.7. The van der Waals surface area contributed by atoms with Crippen LogP contribution in [-0.4, -0.2) is 43.5 Å². The Bertz CT molecular complexity index is 1030. The third-order valence-electron chi connectivity index (χ3n) is 4.44. The first-order valence-electron chi connectivity index (χ1n) is 9.06. The van der Waals surface area contributed by atoms with Crippen LogP contribution >= 0.6 is 0 Å². The van der Waals surface area contributed by atoms with Crippen LogP contribution in [0.25, 0.3) is 11.2 Å². The molecule has 3 heterocycles. The molecule has 0 spiro atoms. The van der Waals surface area contributed by atoms with Crippen LogP contribution in [0, 0.1) is 0 Å². The van der Waals surface area contributed by atoms with Gasteiger partial charge in [0.2, 0.25) is 5.95 Å². The van der Waals surface area contributed by atoms with Gasteiger partial charge in [-0.2, -0.15) is 10.1 Å². The number of hydrogen-bond donors (Lipinski definition) is 0. The average Bonchev–Trinajstić information content (AvgIpc) is 3.00. The number of ether oxygens (including phenoxy) is 1. The maximum absolute atomic E-state index is 13.0. The lowest BCUT2D eigenvalue weighted by molar-refractivity contribution is -0.141. The molecule has 0 N–H and O–H groups in total. The highest BCUT2D eigenvalue weighted by atomic mass is 16.5. The molecule has 0 unspecified atom stereocenters. The molecule has 27 heavy (non-hydrogen) atoms. The van der Waals surface area contributed by atoms with E-state index in [2.05, 4.69) is 10.1 Å². The maximum atomic E-state index is 13.0. The van der Waals surface area contributed by atoms with E-state index in [1.54, 1.807) is 18.5 Å². The molecule has 2 aromatic rings. The Hall–Kier alpha value is -2.91. The Balaban J connectivity index is 2.18. The summed E-state index contributed by atoms with van der Waals surface area (Å²) >= 11 is 0. The Morgan fingerprint density at radius 1 is 1.26 bits per heavy atom. The number of aryl methyl sites for hydroxylation is 1. The fourth-order valence-corrected chi connectivity index (χ4v) is 3.17. The van der Waals surface area contributed by atoms with Crippen LogP contribution in [0.3, 0.4) is 0 Å². The van der Waals surface area contributed by atoms with E-state index >= 15 is 0 Å². The molecule has 10 heteroatoms. The Morgan fingerprint density at radius 2 is 2.00 bits per heavy atom. The molecule has 0 aliphatic carbocycles. The molecule has 0 saturated heterocycles. The lowest BCUT2D eigenvalue weighted by Gasteiger charge is -2.23. The summed E-state index contributed by atoms with van der Waals surface area (Å²) < 4.78 is 9.32. The van der Waals surface area contributed by atoms with Crippen LogP contribution in [0.5, 0.6) is 0 Å². The van der Waals surface area contributed by atoms with Crippen molar-refractivity contribution < 1.29 is 9.53 Å². The van der Waals surface area contributed by atoms with E-state index in [1.807, 2.05) is 13.8 Å². The van der Waals surface area contributed by atoms with Crippen molar-refractivity contribution in [2.24, 2.45) is 12.1 Å². The zero-order valence-corrected chi connectivity index (χ0v) is 16.1. The number of carbonyl (C=O) groups excluding carboxylic acids is 1. The summed E-state index contributed by atoms with van der Waals surface area (Å²) in [6.07, 6.45) is 1.61. The average molecular weight is 376 g/mol. The van der Waals surface area contributed by atoms with Gasteiger partial charge in [-0.05, 0) is 20.3 Å². The summed E-state index contributed by atoms with van der Waals surface area (Å²) in [6, 6.07) is 0. The van der Waals surface area contributed by atoms with Gasteiger partial charge in [-0.25, -0.2) is 9.80 Å². The predicted molar refractivity (Wildman–Crippen MR) is 101 cm³/mol. The Labute approximate surface area is 155 Å². The number of fused-ring (bicyclic) bond motifs is 3. The zero-order valence-electron chi connectivity index (χ0n) is 16.1. The first kappa shape index (κ1) is 18.9. The van der Waals surface area contributed by atoms with Gasteiger partial charge in [-0.1, -0.05) is 13.3 Å². The van der Waals surface area contributed by atoms with E-state index in [0.29, 0.717) is 24.6 Å². The number of aromatic nitrogens is 4. The standard InChI is InChI=1S/C17H24N6O4/c1-5-7-8-21-15(25)13-14(20(4)17(21)26)18-16-22(13)9-11(3)19-23(16)10-12(24)27-6-2/h5-10H2,1-4H3. The molecule has 0 bridgehead atoms. The van der Waals surface area contributed by atoms with Crippen LogP contribution in [0.2, 0.25) is 0 Å². The minimum atomic E-state index is -0.441. The summed E-state index contributed by atoms with van der Waals surface area (Å²) in [5.74, 6) is -0.0900. The first-order chi connectivity index (χ1) is 12.9. The van der Waals surface area contributed by atoms with Gasteiger partial charge in [-0.15, -0.1) is 0 Å². The number of hydrazone groups is 1. The molecule has 0 aromatic carbocycles. The lowest BCUT2D eigenvalue weighted by atomic mass is 10.3. The minimum absolute atomic E-state index is 0.119. The SMILES string of the molecule is CCCCn1c(=O)c2c(nc3n2CC(C)=NN3CC(=O)OCC)n(C)c1=O. The molecule has 0 saturated carbocycles. The number of anilines is 1. The maximum Gasteiger partial charge on any atom is 0.332 e. The molecule has 0 fully saturated rings. The van der Waals surface area contributed by atoms with Crippen molar-refractivity contribution in [1.82, 2.24) is 18.7 Å². The van der Waals surface area contributed by atoms with Gasteiger partial charge in [0.25, 0.3) is 5.56 Å². The first-order valence-corrected chi connectivity index (χ1v) is 9.06. The van der Waals surface area contributed by atoms with Crippen molar-refractivity contribution >= 4 is 28.8 Å². The topological polar surface area (TPSA) is 104 Å². The molecule has 1 aliphatic rings. The molecule has 10 nitrogen and oxygen atoms in total. The molecule has 2 aromatic heterocycles. The number of nitrogens with zero attached hydrogens (tertiary/aromatic N) is 6. The van der Waals surface area contributed by atoms with Crippen molar-refractivity contribution in [2.45, 2.75) is 46.7 Å². The van der Waals surface area contributed by atoms with Gasteiger partial charge < -0.3 is 4.74 Å². The van der Waals surface area contributed by atoms with Gasteiger partial charge in [0.15, 0.2) is 11.2 Å². The van der Waals surface area contributed by atoms with E-state index in [4.69, 9.17) is 4.74 Å². The van der Waals surface area contributed by atoms with Gasteiger partial charge >= 0.3 is 11.7 Å². The van der Waals surface area contributed by atoms with Crippen molar-refractivity contribution in [3.05, 3.63) is 20.8 Å². The van der Waals surface area contributed by atoms with E-state index in [1.165, 1.54) is 14.1 Å². The molecular formula is C17H24N6O4. The number of hydrogen-bond acceptors (Lipinski definition) is 7. The van der Waals surface area contributed by atoms with Crippen molar-refractivity contribution in [2.75, 3.05) is 18.2 Å². The predicted octanol–water partition coefficient (Wildman–Crippen LogP) is 0.456. The fraction of sp³-hybridized carbons (Fsp3) is 0.588. The molecule has 146 valence electrons. The van der Waals surface area contributed by atoms with Crippen LogP contribution in [0.4, 0.5) is 5.95 Å². The van der Waals surface area contributed by atoms with Crippen LogP contribution in [0.1, 0.15) is 33.6 Å². The Kier molecular flexibility index (Phi) is 5.15. The van der Waals surface area contributed by atoms with Gasteiger partial charge in [0.1, 0.15) is 6.54 Å². The quantitative estimate of drug-likeness (QED) is 0.678. The van der Waals surface area contributed by atoms with Crippen molar-refractivity contribution in [3.8, 4) is 0 Å². The number of unbranched alkanes of at least 4 members (excludes halogenated alkanes) is 1. The van der Waals surface area contributed by atoms with Crippen LogP contribution in [-0.2, 0) is 29.7 Å². The van der Waals surface area contributed by atoms with E-state index in [9.17, 15) is 14.4 Å². The molecule has 3 rings (SSSR count). The monoisotopic (exact) mass is 376 g/mol. The molecule has 0 atom stereocenters. The molecule has 0 radical (unpaired) electrons. The summed E-state index contributed by atoms with van der Waals surface area (Å²) in [5.41, 5.74) is 0.578. The number of esters is 1. The normalized spacial score (nSPS) is 13.6. The van der Waals surface area contributed by atoms with Crippen LogP contribution < -0.4 is 16.3 Å². The van der Waals surface area contributed by atoms with E-state index in [0.717, 1.165) is 18.6 Å². The number of imidazole rings is 1. The van der Waals surface area contributed by atoms with Crippen molar-refractivity contribution in [1.29, 1.82) is 0 Å². The number of rotatable bonds is 6. The van der Waals surface area contributed by atoms with Gasteiger partial charge in [-0.3, -0.25) is 23.3 Å². The summed E-state index contributed by atoms with van der Waals surface area (Å²) in [7, 11) is 1.59. The highest BCUT2D eigenvalue weighted by Crippen LogP contribution is 2.23. The summed E-state index contributed by atoms with van der Waals surface area (Å²) in [5, 5.41) is 5.78. The minimum Gasteiger partial charge on any atom is -0.465 e. The second kappa shape index (κ2) is 7.37. The van der Waals surface area contributed by atoms with Gasteiger partial charge in [0, 0.05) is 13.6 Å². The smallest absolute Gasteiger partial charge is 0.332 e. The summed E-state index contributed by atoms with van der Waals surface area (Å²) in [4.78, 5) is 42.0. The second-order valence-electron chi connectivity index (χ2n) is 6.52. The highest BCUT2D eigenvalue weighted by Gasteiger charge is 2.27. The highest BCUT2D eigenvalue weighted by molar-refractivity contribution is 5.89. The van der Waals surface area contributed by atoms with Crippen LogP contribution in [0.15, 0.2) is 14.7 Å². The number of carbonyl (C=O) groups is 1. The molecular weight excluding hydrogens is 352 g/mol. The Morgan fingerprint density at radius 3 is 2.67 bits per heavy atom. The van der Waals surface area contributed by atoms with Crippen molar-refractivity contribution in [3.63, 3.8) is 0 Å². The largest absolute Gasteiger partial charge is 0.465 e. The molecule has 1 aliphatic heterocycles.